The second kappa shape index (κ2) is 7.28. The van der Waals surface area contributed by atoms with E-state index in [0.717, 1.165) is 5.56 Å². The minimum absolute atomic E-state index is 0.139. The van der Waals surface area contributed by atoms with Gasteiger partial charge in [0.1, 0.15) is 11.8 Å². The van der Waals surface area contributed by atoms with Crippen LogP contribution in [0.3, 0.4) is 0 Å². The number of aliphatic hydroxyl groups is 1. The molecule has 25 heavy (non-hydrogen) atoms. The van der Waals surface area contributed by atoms with Crippen LogP contribution in [0.25, 0.3) is 0 Å². The topological polar surface area (TPSA) is 108 Å². The highest BCUT2D eigenvalue weighted by molar-refractivity contribution is 5.94. The van der Waals surface area contributed by atoms with E-state index in [4.69, 9.17) is 10.00 Å². The van der Waals surface area contributed by atoms with Crippen molar-refractivity contribution in [2.24, 2.45) is 5.92 Å². The summed E-state index contributed by atoms with van der Waals surface area (Å²) in [6.07, 6.45) is 3.98. The summed E-state index contributed by atoms with van der Waals surface area (Å²) in [5, 5.41) is 21.4. The molecule has 7 nitrogen and oxygen atoms in total. The van der Waals surface area contributed by atoms with E-state index < -0.39 is 0 Å². The van der Waals surface area contributed by atoms with Crippen molar-refractivity contribution in [1.82, 2.24) is 15.3 Å². The molecule has 128 valence electrons. The molecular weight excluding hydrogens is 320 g/mol. The molecule has 0 bridgehead atoms. The minimum atomic E-state index is -0.327. The highest BCUT2D eigenvalue weighted by Crippen LogP contribution is 2.38. The standard InChI is InChI=1S/C18H18N4O3/c1-25-16-5-3-11(9-21-16)17(13-6-15(23)7-13)22-18(24)12-2-4-14(8-19)20-10-12/h2-5,9-10,13,15,17,23H,6-7H2,1H3,(H,22,24)/t13?,15?,17-/m1/s1. The lowest BCUT2D eigenvalue weighted by molar-refractivity contribution is 0.0234. The van der Waals surface area contributed by atoms with Gasteiger partial charge in [-0.1, -0.05) is 6.07 Å². The number of methoxy groups -OCH3 is 1. The Bertz CT molecular complexity index is 777. The number of amides is 1. The summed E-state index contributed by atoms with van der Waals surface area (Å²) in [4.78, 5) is 20.7. The van der Waals surface area contributed by atoms with Crippen LogP contribution in [0.4, 0.5) is 0 Å². The number of nitrogens with zero attached hydrogens (tertiary/aromatic N) is 3. The van der Waals surface area contributed by atoms with Gasteiger partial charge >= 0.3 is 0 Å². The molecule has 0 spiro atoms. The van der Waals surface area contributed by atoms with E-state index in [9.17, 15) is 9.90 Å². The predicted molar refractivity (Wildman–Crippen MR) is 88.7 cm³/mol. The number of aromatic nitrogens is 2. The fourth-order valence-electron chi connectivity index (χ4n) is 2.89. The van der Waals surface area contributed by atoms with Gasteiger partial charge in [0.05, 0.1) is 24.8 Å². The summed E-state index contributed by atoms with van der Waals surface area (Å²) in [6, 6.07) is 8.34. The molecule has 2 aromatic rings. The van der Waals surface area contributed by atoms with Crippen molar-refractivity contribution < 1.29 is 14.6 Å². The molecule has 0 unspecified atom stereocenters. The van der Waals surface area contributed by atoms with E-state index in [2.05, 4.69) is 15.3 Å². The average molecular weight is 338 g/mol. The van der Waals surface area contributed by atoms with Crippen LogP contribution >= 0.6 is 0 Å². The van der Waals surface area contributed by atoms with Gasteiger partial charge in [0.25, 0.3) is 5.91 Å². The molecular formula is C18H18N4O3. The van der Waals surface area contributed by atoms with Gasteiger partial charge in [0.15, 0.2) is 0 Å². The molecule has 7 heteroatoms. The smallest absolute Gasteiger partial charge is 0.253 e. The first-order valence-electron chi connectivity index (χ1n) is 7.95. The molecule has 1 aliphatic carbocycles. The van der Waals surface area contributed by atoms with E-state index in [0.29, 0.717) is 24.3 Å². The zero-order chi connectivity index (χ0) is 17.8. The van der Waals surface area contributed by atoms with E-state index in [1.54, 1.807) is 25.4 Å². The van der Waals surface area contributed by atoms with Gasteiger partial charge in [-0.25, -0.2) is 9.97 Å². The molecule has 1 saturated carbocycles. The number of hydrogen-bond donors (Lipinski definition) is 2. The first-order chi connectivity index (χ1) is 12.1. The number of rotatable bonds is 5. The maximum atomic E-state index is 12.5. The first kappa shape index (κ1) is 16.9. The van der Waals surface area contributed by atoms with Crippen LogP contribution in [-0.4, -0.2) is 34.2 Å². The lowest BCUT2D eigenvalue weighted by Crippen LogP contribution is -2.41. The monoisotopic (exact) mass is 338 g/mol. The van der Waals surface area contributed by atoms with Crippen molar-refractivity contribution in [2.75, 3.05) is 7.11 Å². The second-order valence-electron chi connectivity index (χ2n) is 6.01. The van der Waals surface area contributed by atoms with E-state index in [1.165, 1.54) is 12.3 Å². The normalized spacial score (nSPS) is 20.0. The van der Waals surface area contributed by atoms with Crippen LogP contribution in [-0.2, 0) is 0 Å². The summed E-state index contributed by atoms with van der Waals surface area (Å²) in [5.74, 6) is 0.360. The lowest BCUT2D eigenvalue weighted by Gasteiger charge is -2.38. The fraction of sp³-hybridized carbons (Fsp3) is 0.333. The summed E-state index contributed by atoms with van der Waals surface area (Å²) in [5.41, 5.74) is 1.49. The van der Waals surface area contributed by atoms with Crippen molar-refractivity contribution >= 4 is 5.91 Å². The molecule has 2 heterocycles. The third-order valence-electron chi connectivity index (χ3n) is 4.38. The number of hydrogen-bond acceptors (Lipinski definition) is 6. The maximum Gasteiger partial charge on any atom is 0.253 e. The third kappa shape index (κ3) is 3.75. The van der Waals surface area contributed by atoms with Crippen LogP contribution in [0.2, 0.25) is 0 Å². The van der Waals surface area contributed by atoms with Crippen molar-refractivity contribution in [3.8, 4) is 11.9 Å². The number of nitriles is 1. The van der Waals surface area contributed by atoms with Crippen molar-refractivity contribution in [2.45, 2.75) is 25.0 Å². The Morgan fingerprint density at radius 3 is 2.64 bits per heavy atom. The van der Waals surface area contributed by atoms with Gasteiger partial charge in [-0.15, -0.1) is 0 Å². The quantitative estimate of drug-likeness (QED) is 0.857. The van der Waals surface area contributed by atoms with Gasteiger partial charge < -0.3 is 15.2 Å². The summed E-state index contributed by atoms with van der Waals surface area (Å²) in [7, 11) is 1.54. The minimum Gasteiger partial charge on any atom is -0.481 e. The summed E-state index contributed by atoms with van der Waals surface area (Å²) < 4.78 is 5.07. The van der Waals surface area contributed by atoms with Gasteiger partial charge in [-0.3, -0.25) is 4.79 Å². The Morgan fingerprint density at radius 1 is 1.32 bits per heavy atom. The number of nitrogens with one attached hydrogen (secondary N) is 1. The van der Waals surface area contributed by atoms with Crippen LogP contribution in [0.5, 0.6) is 5.88 Å². The Kier molecular flexibility index (Phi) is 4.91. The lowest BCUT2D eigenvalue weighted by atomic mass is 9.75. The molecule has 3 rings (SSSR count). The Hall–Kier alpha value is -2.98. The van der Waals surface area contributed by atoms with Gasteiger partial charge in [0.2, 0.25) is 5.88 Å². The highest BCUT2D eigenvalue weighted by atomic mass is 16.5. The molecule has 1 aliphatic rings. The number of aliphatic hydroxyl groups excluding tert-OH is 1. The Labute approximate surface area is 145 Å². The molecule has 2 aromatic heterocycles. The molecule has 0 saturated heterocycles. The van der Waals surface area contributed by atoms with Crippen LogP contribution in [0.15, 0.2) is 36.7 Å². The third-order valence-corrected chi connectivity index (χ3v) is 4.38. The van der Waals surface area contributed by atoms with Gasteiger partial charge in [0, 0.05) is 18.5 Å². The molecule has 1 fully saturated rings. The van der Waals surface area contributed by atoms with Gasteiger partial charge in [-0.05, 0) is 36.5 Å². The summed E-state index contributed by atoms with van der Waals surface area (Å²) in [6.45, 7) is 0. The van der Waals surface area contributed by atoms with Crippen LogP contribution in [0, 0.1) is 17.2 Å². The molecule has 0 aliphatic heterocycles. The number of pyridine rings is 2. The molecule has 2 N–H and O–H groups in total. The number of carbonyl (C=O) groups excluding carboxylic acids is 1. The van der Waals surface area contributed by atoms with E-state index in [-0.39, 0.29) is 29.7 Å². The fourth-order valence-corrected chi connectivity index (χ4v) is 2.89. The highest BCUT2D eigenvalue weighted by Gasteiger charge is 2.36. The van der Waals surface area contributed by atoms with E-state index >= 15 is 0 Å². The second-order valence-corrected chi connectivity index (χ2v) is 6.01. The average Bonchev–Trinajstić information content (AvgIpc) is 2.64. The zero-order valence-corrected chi connectivity index (χ0v) is 13.7. The van der Waals surface area contributed by atoms with Gasteiger partial charge in [-0.2, -0.15) is 5.26 Å². The van der Waals surface area contributed by atoms with E-state index in [1.807, 2.05) is 12.1 Å². The Morgan fingerprint density at radius 2 is 2.12 bits per heavy atom. The van der Waals surface area contributed by atoms with Crippen LogP contribution in [0.1, 0.15) is 40.5 Å². The number of ether oxygens (including phenoxy) is 1. The molecule has 0 aromatic carbocycles. The summed E-state index contributed by atoms with van der Waals surface area (Å²) >= 11 is 0. The van der Waals surface area contributed by atoms with Crippen LogP contribution < -0.4 is 10.1 Å². The predicted octanol–water partition coefficient (Wildman–Crippen LogP) is 1.60. The van der Waals surface area contributed by atoms with Crippen molar-refractivity contribution in [3.05, 3.63) is 53.5 Å². The molecule has 1 atom stereocenters. The Balaban J connectivity index is 1.79. The first-order valence-corrected chi connectivity index (χ1v) is 7.95. The SMILES string of the molecule is COc1ccc([C@@H](NC(=O)c2ccc(C#N)nc2)C2CC(O)C2)cn1. The number of carbonyl (C=O) groups is 1. The molecule has 1 amide bonds. The zero-order valence-electron chi connectivity index (χ0n) is 13.7. The maximum absolute atomic E-state index is 12.5. The van der Waals surface area contributed by atoms with Crippen molar-refractivity contribution in [1.29, 1.82) is 5.26 Å². The largest absolute Gasteiger partial charge is 0.481 e. The molecule has 0 radical (unpaired) electrons. The van der Waals surface area contributed by atoms with Crippen molar-refractivity contribution in [3.63, 3.8) is 0 Å².